The van der Waals surface area contributed by atoms with Crippen LogP contribution in [0.2, 0.25) is 0 Å². The molecule has 0 aliphatic carbocycles. The summed E-state index contributed by atoms with van der Waals surface area (Å²) in [6.45, 7) is 3.72. The molecule has 2 heterocycles. The number of benzene rings is 2. The molecule has 1 aliphatic heterocycles. The number of aromatic nitrogens is 2. The molecule has 2 aromatic carbocycles. The zero-order chi connectivity index (χ0) is 25.1. The van der Waals surface area contributed by atoms with Crippen LogP contribution in [0.1, 0.15) is 19.8 Å². The van der Waals surface area contributed by atoms with Gasteiger partial charge in [-0.3, -0.25) is 14.9 Å². The Labute approximate surface area is 203 Å². The maximum atomic E-state index is 13.5. The molecule has 3 aromatic rings. The summed E-state index contributed by atoms with van der Waals surface area (Å²) in [5, 5.41) is 26.4. The predicted molar refractivity (Wildman–Crippen MR) is 135 cm³/mol. The molecule has 0 radical (unpaired) electrons. The number of piperidine rings is 1. The Morgan fingerprint density at radius 2 is 1.94 bits per heavy atom. The van der Waals surface area contributed by atoms with Crippen molar-refractivity contribution in [2.45, 2.75) is 25.9 Å². The van der Waals surface area contributed by atoms with Gasteiger partial charge in [0.25, 0.3) is 11.2 Å². The zero-order valence-electron chi connectivity index (χ0n) is 20.0. The zero-order valence-corrected chi connectivity index (χ0v) is 20.0. The first kappa shape index (κ1) is 24.2. The summed E-state index contributed by atoms with van der Waals surface area (Å²) in [4.78, 5) is 28.8. The van der Waals surface area contributed by atoms with Crippen LogP contribution in [0.5, 0.6) is 5.75 Å². The summed E-state index contributed by atoms with van der Waals surface area (Å²) < 4.78 is 6.46. The summed E-state index contributed by atoms with van der Waals surface area (Å²) >= 11 is 0. The fraction of sp³-hybridized carbons (Fsp3) is 0.360. The smallest absolute Gasteiger partial charge is 0.295 e. The maximum Gasteiger partial charge on any atom is 0.295 e. The highest BCUT2D eigenvalue weighted by Crippen LogP contribution is 2.31. The minimum Gasteiger partial charge on any atom is -0.497 e. The van der Waals surface area contributed by atoms with Crippen LogP contribution in [0.4, 0.5) is 17.1 Å². The van der Waals surface area contributed by atoms with E-state index in [-0.39, 0.29) is 17.5 Å². The predicted octanol–water partition coefficient (Wildman–Crippen LogP) is 3.23. The van der Waals surface area contributed by atoms with Crippen LogP contribution in [0, 0.1) is 10.1 Å². The van der Waals surface area contributed by atoms with Crippen molar-refractivity contribution in [1.82, 2.24) is 9.78 Å². The van der Waals surface area contributed by atoms with Crippen molar-refractivity contribution in [3.05, 3.63) is 69.0 Å². The monoisotopic (exact) mass is 479 g/mol. The van der Waals surface area contributed by atoms with Gasteiger partial charge in [0, 0.05) is 44.0 Å². The number of aliphatic hydroxyl groups excluding tert-OH is 1. The first-order chi connectivity index (χ1) is 16.8. The molecule has 10 nitrogen and oxygen atoms in total. The second kappa shape index (κ2) is 10.1. The van der Waals surface area contributed by atoms with Crippen molar-refractivity contribution in [1.29, 1.82) is 0 Å². The third-order valence-electron chi connectivity index (χ3n) is 6.36. The Hall–Kier alpha value is -3.92. The minimum atomic E-state index is -0.505. The van der Waals surface area contributed by atoms with Gasteiger partial charge in [-0.2, -0.15) is 9.78 Å². The Bertz CT molecular complexity index is 1280. The standard InChI is InChI=1S/C25H29N5O5/c1-4-27(2)24-16-21(17-6-5-7-20(14-17)35-3)26-29(25(24)32)23-15-18(8-9-22(23)30(33)34)28-12-10-19(31)11-13-28/h5-9,14-16,19,31H,4,10-13H2,1-3H3. The Balaban J connectivity index is 1.92. The quantitative estimate of drug-likeness (QED) is 0.406. The first-order valence-electron chi connectivity index (χ1n) is 11.5. The lowest BCUT2D eigenvalue weighted by atomic mass is 10.1. The molecule has 10 heteroatoms. The van der Waals surface area contributed by atoms with Gasteiger partial charge in [0.1, 0.15) is 17.1 Å². The largest absolute Gasteiger partial charge is 0.497 e. The SMILES string of the molecule is CCN(C)c1cc(-c2cccc(OC)c2)nn(-c2cc(N3CCC(O)CC3)ccc2[N+](=O)[O-])c1=O. The van der Waals surface area contributed by atoms with E-state index in [0.717, 1.165) is 10.4 Å². The summed E-state index contributed by atoms with van der Waals surface area (Å²) in [6.07, 6.45) is 0.877. The van der Waals surface area contributed by atoms with Crippen LogP contribution in [-0.2, 0) is 0 Å². The lowest BCUT2D eigenvalue weighted by Crippen LogP contribution is -2.36. The van der Waals surface area contributed by atoms with E-state index in [4.69, 9.17) is 4.74 Å². The van der Waals surface area contributed by atoms with Gasteiger partial charge in [-0.25, -0.2) is 0 Å². The number of anilines is 2. The Morgan fingerprint density at radius 1 is 1.20 bits per heavy atom. The van der Waals surface area contributed by atoms with E-state index < -0.39 is 10.5 Å². The van der Waals surface area contributed by atoms with E-state index in [0.29, 0.717) is 55.2 Å². The molecule has 0 atom stereocenters. The number of rotatable bonds is 7. The van der Waals surface area contributed by atoms with Gasteiger partial charge in [0.15, 0.2) is 0 Å². The molecule has 184 valence electrons. The topological polar surface area (TPSA) is 114 Å². The number of ether oxygens (including phenoxy) is 1. The second-order valence-corrected chi connectivity index (χ2v) is 8.53. The fourth-order valence-corrected chi connectivity index (χ4v) is 4.17. The molecule has 0 bridgehead atoms. The van der Waals surface area contributed by atoms with Crippen molar-refractivity contribution in [2.24, 2.45) is 0 Å². The minimum absolute atomic E-state index is 0.0964. The van der Waals surface area contributed by atoms with E-state index in [1.807, 2.05) is 25.1 Å². The first-order valence-corrected chi connectivity index (χ1v) is 11.5. The van der Waals surface area contributed by atoms with Crippen LogP contribution in [-0.4, -0.2) is 59.7 Å². The molecule has 1 aliphatic rings. The molecule has 0 saturated carbocycles. The number of aliphatic hydroxyl groups is 1. The molecule has 0 amide bonds. The maximum absolute atomic E-state index is 13.5. The fourth-order valence-electron chi connectivity index (χ4n) is 4.17. The van der Waals surface area contributed by atoms with Crippen LogP contribution in [0.15, 0.2) is 53.3 Å². The summed E-state index contributed by atoms with van der Waals surface area (Å²) in [5.74, 6) is 0.632. The molecule has 1 saturated heterocycles. The number of nitrogens with zero attached hydrogens (tertiary/aromatic N) is 5. The Kier molecular flexibility index (Phi) is 7.02. The van der Waals surface area contributed by atoms with Gasteiger partial charge in [-0.1, -0.05) is 12.1 Å². The van der Waals surface area contributed by atoms with Gasteiger partial charge in [0.05, 0.1) is 23.8 Å². The van der Waals surface area contributed by atoms with Crippen LogP contribution >= 0.6 is 0 Å². The molecule has 1 N–H and O–H groups in total. The number of nitro groups is 1. The van der Waals surface area contributed by atoms with Crippen molar-refractivity contribution in [3.63, 3.8) is 0 Å². The van der Waals surface area contributed by atoms with E-state index in [2.05, 4.69) is 10.00 Å². The van der Waals surface area contributed by atoms with Gasteiger partial charge >= 0.3 is 0 Å². The van der Waals surface area contributed by atoms with E-state index in [1.165, 1.54) is 6.07 Å². The molecular formula is C25H29N5O5. The van der Waals surface area contributed by atoms with Crippen LogP contribution in [0.25, 0.3) is 16.9 Å². The highest BCUT2D eigenvalue weighted by molar-refractivity contribution is 5.68. The molecule has 4 rings (SSSR count). The van der Waals surface area contributed by atoms with Crippen LogP contribution in [0.3, 0.4) is 0 Å². The van der Waals surface area contributed by atoms with E-state index in [9.17, 15) is 20.0 Å². The molecule has 1 aromatic heterocycles. The van der Waals surface area contributed by atoms with Gasteiger partial charge in [-0.15, -0.1) is 0 Å². The van der Waals surface area contributed by atoms with E-state index >= 15 is 0 Å². The number of nitro benzene ring substituents is 1. The van der Waals surface area contributed by atoms with Gasteiger partial charge in [-0.05, 0) is 50.1 Å². The van der Waals surface area contributed by atoms with Crippen LogP contribution < -0.4 is 20.1 Å². The highest BCUT2D eigenvalue weighted by atomic mass is 16.6. The number of hydrogen-bond donors (Lipinski definition) is 1. The lowest BCUT2D eigenvalue weighted by Gasteiger charge is -2.31. The second-order valence-electron chi connectivity index (χ2n) is 8.53. The summed E-state index contributed by atoms with van der Waals surface area (Å²) in [7, 11) is 3.36. The van der Waals surface area contributed by atoms with Crippen molar-refractivity contribution in [3.8, 4) is 22.7 Å². The van der Waals surface area contributed by atoms with Crippen molar-refractivity contribution < 1.29 is 14.8 Å². The number of methoxy groups -OCH3 is 1. The molecular weight excluding hydrogens is 450 g/mol. The molecule has 35 heavy (non-hydrogen) atoms. The molecule has 1 fully saturated rings. The molecule has 0 unspecified atom stereocenters. The van der Waals surface area contributed by atoms with Crippen molar-refractivity contribution in [2.75, 3.05) is 43.6 Å². The summed E-state index contributed by atoms with van der Waals surface area (Å²) in [5.41, 5.74) is 1.75. The number of hydrogen-bond acceptors (Lipinski definition) is 8. The summed E-state index contributed by atoms with van der Waals surface area (Å²) in [6, 6.07) is 13.7. The third kappa shape index (κ3) is 4.97. The Morgan fingerprint density at radius 3 is 2.60 bits per heavy atom. The average Bonchev–Trinajstić information content (AvgIpc) is 2.88. The normalized spacial score (nSPS) is 14.1. The lowest BCUT2D eigenvalue weighted by molar-refractivity contribution is -0.384. The van der Waals surface area contributed by atoms with Gasteiger partial charge < -0.3 is 19.6 Å². The van der Waals surface area contributed by atoms with E-state index in [1.54, 1.807) is 43.3 Å². The third-order valence-corrected chi connectivity index (χ3v) is 6.36. The van der Waals surface area contributed by atoms with Crippen molar-refractivity contribution >= 4 is 17.1 Å². The molecule has 0 spiro atoms. The van der Waals surface area contributed by atoms with Gasteiger partial charge in [0.2, 0.25) is 0 Å². The highest BCUT2D eigenvalue weighted by Gasteiger charge is 2.24. The average molecular weight is 480 g/mol.